The molecular weight excluding hydrogens is 268 g/mol. The lowest BCUT2D eigenvalue weighted by Crippen LogP contribution is -2.40. The number of carboxylic acids is 1. The monoisotopic (exact) mass is 282 g/mol. The minimum atomic E-state index is -1.18. The fourth-order valence-corrected chi connectivity index (χ4v) is 1.58. The van der Waals surface area contributed by atoms with Crippen LogP contribution in [0.1, 0.15) is 17.3 Å². The van der Waals surface area contributed by atoms with E-state index in [9.17, 15) is 19.7 Å². The zero-order valence-corrected chi connectivity index (χ0v) is 11.2. The minimum absolute atomic E-state index is 0.0581. The van der Waals surface area contributed by atoms with Gasteiger partial charge in [-0.05, 0) is 13.0 Å². The molecule has 0 saturated carbocycles. The Morgan fingerprint density at radius 2 is 2.05 bits per heavy atom. The maximum atomic E-state index is 12.2. The van der Waals surface area contributed by atoms with E-state index in [1.807, 2.05) is 0 Å². The lowest BCUT2D eigenvalue weighted by atomic mass is 10.1. The molecule has 0 radical (unpaired) electrons. The third-order valence-corrected chi connectivity index (χ3v) is 2.88. The van der Waals surface area contributed by atoms with Crippen LogP contribution < -0.4 is 4.74 Å². The molecule has 20 heavy (non-hydrogen) atoms. The summed E-state index contributed by atoms with van der Waals surface area (Å²) in [5, 5.41) is 19.8. The van der Waals surface area contributed by atoms with Gasteiger partial charge in [-0.2, -0.15) is 0 Å². The maximum absolute atomic E-state index is 12.2. The van der Waals surface area contributed by atoms with Crippen molar-refractivity contribution >= 4 is 17.6 Å². The van der Waals surface area contributed by atoms with Crippen LogP contribution in [0.15, 0.2) is 18.2 Å². The summed E-state index contributed by atoms with van der Waals surface area (Å²) in [5.74, 6) is -2.03. The molecule has 1 aromatic rings. The summed E-state index contributed by atoms with van der Waals surface area (Å²) < 4.78 is 4.91. The largest absolute Gasteiger partial charge is 0.490 e. The van der Waals surface area contributed by atoms with Crippen molar-refractivity contribution in [3.05, 3.63) is 33.9 Å². The van der Waals surface area contributed by atoms with Gasteiger partial charge in [0.25, 0.3) is 5.91 Å². The van der Waals surface area contributed by atoms with Crippen LogP contribution in [0.25, 0.3) is 0 Å². The van der Waals surface area contributed by atoms with Crippen molar-refractivity contribution in [1.29, 1.82) is 0 Å². The number of amides is 1. The molecular formula is C12H14N2O6. The van der Waals surface area contributed by atoms with Crippen molar-refractivity contribution in [3.63, 3.8) is 0 Å². The molecule has 1 amide bonds. The second-order valence-electron chi connectivity index (χ2n) is 4.05. The highest BCUT2D eigenvalue weighted by Crippen LogP contribution is 2.31. The number of nitro benzene ring substituents is 1. The molecule has 0 aromatic heterocycles. The van der Waals surface area contributed by atoms with E-state index in [0.717, 1.165) is 4.90 Å². The van der Waals surface area contributed by atoms with E-state index in [-0.39, 0.29) is 17.0 Å². The molecule has 1 unspecified atom stereocenters. The van der Waals surface area contributed by atoms with Crippen LogP contribution in [0.4, 0.5) is 5.69 Å². The lowest BCUT2D eigenvalue weighted by molar-refractivity contribution is -0.385. The van der Waals surface area contributed by atoms with E-state index in [4.69, 9.17) is 9.84 Å². The van der Waals surface area contributed by atoms with Crippen molar-refractivity contribution in [1.82, 2.24) is 4.90 Å². The van der Waals surface area contributed by atoms with Crippen molar-refractivity contribution in [2.24, 2.45) is 0 Å². The van der Waals surface area contributed by atoms with E-state index in [0.29, 0.717) is 0 Å². The summed E-state index contributed by atoms with van der Waals surface area (Å²) in [6.45, 7) is 1.34. The van der Waals surface area contributed by atoms with Crippen LogP contribution in [-0.4, -0.2) is 47.0 Å². The zero-order valence-electron chi connectivity index (χ0n) is 11.2. The first-order valence-electron chi connectivity index (χ1n) is 5.62. The van der Waals surface area contributed by atoms with E-state index in [1.54, 1.807) is 0 Å². The number of nitro groups is 1. The molecule has 108 valence electrons. The molecule has 0 aliphatic rings. The predicted molar refractivity (Wildman–Crippen MR) is 68.8 cm³/mol. The summed E-state index contributed by atoms with van der Waals surface area (Å²) in [7, 11) is 2.51. The van der Waals surface area contributed by atoms with E-state index >= 15 is 0 Å². The first-order valence-corrected chi connectivity index (χ1v) is 5.62. The summed E-state index contributed by atoms with van der Waals surface area (Å²) >= 11 is 0. The van der Waals surface area contributed by atoms with E-state index in [1.165, 1.54) is 39.3 Å². The molecule has 1 aromatic carbocycles. The zero-order chi connectivity index (χ0) is 15.4. The van der Waals surface area contributed by atoms with Gasteiger partial charge in [0.1, 0.15) is 6.04 Å². The predicted octanol–water partition coefficient (Wildman–Crippen LogP) is 1.15. The van der Waals surface area contributed by atoms with Gasteiger partial charge in [0, 0.05) is 13.1 Å². The number of rotatable bonds is 5. The summed E-state index contributed by atoms with van der Waals surface area (Å²) in [6, 6.07) is 2.83. The Morgan fingerprint density at radius 1 is 1.45 bits per heavy atom. The Kier molecular flexibility index (Phi) is 4.63. The molecule has 0 bridgehead atoms. The number of likely N-dealkylation sites (N-methyl/N-ethyl adjacent to an activating group) is 1. The third kappa shape index (κ3) is 2.85. The summed E-state index contributed by atoms with van der Waals surface area (Å²) in [4.78, 5) is 34.3. The second kappa shape index (κ2) is 6.00. The normalized spacial score (nSPS) is 11.6. The van der Waals surface area contributed by atoms with Gasteiger partial charge < -0.3 is 14.7 Å². The second-order valence-corrected chi connectivity index (χ2v) is 4.05. The molecule has 0 spiro atoms. The van der Waals surface area contributed by atoms with Crippen molar-refractivity contribution < 1.29 is 24.4 Å². The fraction of sp³-hybridized carbons (Fsp3) is 0.333. The van der Waals surface area contributed by atoms with Crippen LogP contribution in [0.2, 0.25) is 0 Å². The quantitative estimate of drug-likeness (QED) is 0.640. The number of carbonyl (C=O) groups is 2. The maximum Gasteiger partial charge on any atom is 0.326 e. The lowest BCUT2D eigenvalue weighted by Gasteiger charge is -2.22. The Bertz CT molecular complexity index is 557. The Morgan fingerprint density at radius 3 is 2.50 bits per heavy atom. The molecule has 0 aliphatic carbocycles. The Hall–Kier alpha value is -2.64. The number of hydrogen-bond donors (Lipinski definition) is 1. The van der Waals surface area contributed by atoms with Gasteiger partial charge in [-0.3, -0.25) is 14.9 Å². The first kappa shape index (κ1) is 15.4. The number of methoxy groups -OCH3 is 1. The summed E-state index contributed by atoms with van der Waals surface area (Å²) in [5.41, 5.74) is -0.410. The standard InChI is InChI=1S/C12H14N2O6/c1-7(12(16)17)13(2)11(15)8-5-4-6-9(14(18)19)10(8)20-3/h4-7H,1-3H3,(H,16,17). The van der Waals surface area contributed by atoms with Gasteiger partial charge in [0.05, 0.1) is 17.6 Å². The SMILES string of the molecule is COc1c(C(=O)N(C)C(C)C(=O)O)cccc1[N+](=O)[O-]. The highest BCUT2D eigenvalue weighted by molar-refractivity contribution is 5.99. The number of aliphatic carboxylic acids is 1. The molecule has 1 N–H and O–H groups in total. The summed E-state index contributed by atoms with van der Waals surface area (Å²) in [6.07, 6.45) is 0. The molecule has 8 nitrogen and oxygen atoms in total. The molecule has 0 fully saturated rings. The number of carboxylic acid groups (broad SMARTS) is 1. The third-order valence-electron chi connectivity index (χ3n) is 2.88. The Labute approximate surface area is 114 Å². The van der Waals surface area contributed by atoms with Crippen molar-refractivity contribution in [2.45, 2.75) is 13.0 Å². The molecule has 1 atom stereocenters. The topological polar surface area (TPSA) is 110 Å². The first-order chi connectivity index (χ1) is 9.31. The van der Waals surface area contributed by atoms with Crippen LogP contribution in [0, 0.1) is 10.1 Å². The van der Waals surface area contributed by atoms with Crippen LogP contribution in [0.3, 0.4) is 0 Å². The van der Waals surface area contributed by atoms with Gasteiger partial charge in [0.2, 0.25) is 5.75 Å². The average molecular weight is 282 g/mol. The molecule has 0 saturated heterocycles. The van der Waals surface area contributed by atoms with Crippen molar-refractivity contribution in [2.75, 3.05) is 14.2 Å². The number of nitrogens with zero attached hydrogens (tertiary/aromatic N) is 2. The number of para-hydroxylation sites is 1. The number of carbonyl (C=O) groups excluding carboxylic acids is 1. The highest BCUT2D eigenvalue weighted by Gasteiger charge is 2.28. The van der Waals surface area contributed by atoms with E-state index in [2.05, 4.69) is 0 Å². The van der Waals surface area contributed by atoms with Crippen LogP contribution in [-0.2, 0) is 4.79 Å². The smallest absolute Gasteiger partial charge is 0.326 e. The number of benzene rings is 1. The van der Waals surface area contributed by atoms with Gasteiger partial charge in [-0.15, -0.1) is 0 Å². The van der Waals surface area contributed by atoms with Gasteiger partial charge in [-0.1, -0.05) is 6.07 Å². The molecule has 0 heterocycles. The highest BCUT2D eigenvalue weighted by atomic mass is 16.6. The van der Waals surface area contributed by atoms with Gasteiger partial charge in [-0.25, -0.2) is 4.79 Å². The van der Waals surface area contributed by atoms with Crippen LogP contribution in [0.5, 0.6) is 5.75 Å². The fourth-order valence-electron chi connectivity index (χ4n) is 1.58. The Balaban J connectivity index is 3.26. The number of ether oxygens (including phenoxy) is 1. The molecule has 0 aliphatic heterocycles. The molecule has 8 heteroatoms. The van der Waals surface area contributed by atoms with Gasteiger partial charge in [0.15, 0.2) is 0 Å². The van der Waals surface area contributed by atoms with Crippen molar-refractivity contribution in [3.8, 4) is 5.75 Å². The number of hydrogen-bond acceptors (Lipinski definition) is 5. The van der Waals surface area contributed by atoms with Crippen LogP contribution >= 0.6 is 0 Å². The van der Waals surface area contributed by atoms with Gasteiger partial charge >= 0.3 is 11.7 Å². The molecule has 1 rings (SSSR count). The average Bonchev–Trinajstić information content (AvgIpc) is 2.43. The minimum Gasteiger partial charge on any atom is -0.490 e. The van der Waals surface area contributed by atoms with E-state index < -0.39 is 22.8 Å².